The van der Waals surface area contributed by atoms with Gasteiger partial charge in [0.2, 0.25) is 0 Å². The minimum absolute atomic E-state index is 0.0177. The molecule has 3 aromatic rings. The van der Waals surface area contributed by atoms with Gasteiger partial charge in [-0.3, -0.25) is 9.89 Å². The van der Waals surface area contributed by atoms with E-state index in [0.717, 1.165) is 11.5 Å². The molecule has 0 saturated heterocycles. The smallest absolute Gasteiger partial charge is 0.253 e. The van der Waals surface area contributed by atoms with Crippen molar-refractivity contribution >= 4 is 28.4 Å². The van der Waals surface area contributed by atoms with Crippen molar-refractivity contribution in [3.63, 3.8) is 0 Å². The number of H-pyrrole nitrogens is 1. The average molecular weight is 334 g/mol. The van der Waals surface area contributed by atoms with Gasteiger partial charge in [-0.25, -0.2) is 4.39 Å². The Morgan fingerprint density at radius 2 is 2.22 bits per heavy atom. The van der Waals surface area contributed by atoms with Crippen molar-refractivity contribution in [3.05, 3.63) is 64.6 Å². The van der Waals surface area contributed by atoms with E-state index >= 15 is 0 Å². The van der Waals surface area contributed by atoms with Gasteiger partial charge in [-0.2, -0.15) is 5.10 Å². The fourth-order valence-electron chi connectivity index (χ4n) is 2.28. The summed E-state index contributed by atoms with van der Waals surface area (Å²) in [7, 11) is 0. The van der Waals surface area contributed by atoms with E-state index in [-0.39, 0.29) is 17.5 Å². The molecule has 0 bridgehead atoms. The SMILES string of the molecule is O=C(NCC(O)c1ccc(Cl)c(F)c1)c1cccc2cn[nH]c12. The van der Waals surface area contributed by atoms with Crippen molar-refractivity contribution < 1.29 is 14.3 Å². The molecule has 0 fully saturated rings. The van der Waals surface area contributed by atoms with Crippen molar-refractivity contribution in [2.75, 3.05) is 6.54 Å². The first kappa shape index (κ1) is 15.5. The largest absolute Gasteiger partial charge is 0.387 e. The van der Waals surface area contributed by atoms with Gasteiger partial charge in [0.25, 0.3) is 5.91 Å². The number of carbonyl (C=O) groups excluding carboxylic acids is 1. The highest BCUT2D eigenvalue weighted by Gasteiger charge is 2.15. The Bertz CT molecular complexity index is 865. The van der Waals surface area contributed by atoms with E-state index in [0.29, 0.717) is 16.6 Å². The van der Waals surface area contributed by atoms with Gasteiger partial charge >= 0.3 is 0 Å². The van der Waals surface area contributed by atoms with E-state index in [4.69, 9.17) is 11.6 Å². The molecule has 0 radical (unpaired) electrons. The maximum atomic E-state index is 13.4. The molecule has 0 saturated carbocycles. The van der Waals surface area contributed by atoms with Gasteiger partial charge in [0.15, 0.2) is 0 Å². The van der Waals surface area contributed by atoms with Gasteiger partial charge in [0.1, 0.15) is 5.82 Å². The van der Waals surface area contributed by atoms with Crippen LogP contribution in [0.15, 0.2) is 42.6 Å². The van der Waals surface area contributed by atoms with Crippen LogP contribution in [0.2, 0.25) is 5.02 Å². The highest BCUT2D eigenvalue weighted by atomic mass is 35.5. The van der Waals surface area contributed by atoms with Crippen LogP contribution in [0, 0.1) is 5.82 Å². The van der Waals surface area contributed by atoms with Crippen molar-refractivity contribution in [2.45, 2.75) is 6.10 Å². The fraction of sp³-hybridized carbons (Fsp3) is 0.125. The number of nitrogens with zero attached hydrogens (tertiary/aromatic N) is 1. The molecular formula is C16H13ClFN3O2. The molecule has 5 nitrogen and oxygen atoms in total. The van der Waals surface area contributed by atoms with Crippen LogP contribution in [0.4, 0.5) is 4.39 Å². The summed E-state index contributed by atoms with van der Waals surface area (Å²) in [6.45, 7) is -0.0512. The van der Waals surface area contributed by atoms with Crippen LogP contribution >= 0.6 is 11.6 Å². The highest BCUT2D eigenvalue weighted by Crippen LogP contribution is 2.20. The predicted octanol–water partition coefficient (Wildman–Crippen LogP) is 2.82. The molecule has 23 heavy (non-hydrogen) atoms. The standard InChI is InChI=1S/C16H13ClFN3O2/c17-12-5-4-9(6-13(12)18)14(22)8-19-16(23)11-3-1-2-10-7-20-21-15(10)11/h1-7,14,22H,8H2,(H,19,23)(H,20,21). The number of amides is 1. The van der Waals surface area contributed by atoms with Crippen LogP contribution in [0.25, 0.3) is 10.9 Å². The summed E-state index contributed by atoms with van der Waals surface area (Å²) in [5, 5.41) is 20.1. The summed E-state index contributed by atoms with van der Waals surface area (Å²) in [6.07, 6.45) is 0.587. The van der Waals surface area contributed by atoms with Gasteiger partial charge in [0.05, 0.1) is 28.4 Å². The van der Waals surface area contributed by atoms with Crippen LogP contribution < -0.4 is 5.32 Å². The Kier molecular flexibility index (Phi) is 4.27. The van der Waals surface area contributed by atoms with Gasteiger partial charge in [0, 0.05) is 11.9 Å². The van der Waals surface area contributed by atoms with Crippen LogP contribution in [0.1, 0.15) is 22.0 Å². The van der Waals surface area contributed by atoms with E-state index in [1.165, 1.54) is 12.1 Å². The fourth-order valence-corrected chi connectivity index (χ4v) is 2.40. The Hall–Kier alpha value is -2.44. The van der Waals surface area contributed by atoms with E-state index in [9.17, 15) is 14.3 Å². The summed E-state index contributed by atoms with van der Waals surface area (Å²) in [5.41, 5.74) is 1.39. The topological polar surface area (TPSA) is 78.0 Å². The van der Waals surface area contributed by atoms with Crippen LogP contribution in [-0.4, -0.2) is 27.8 Å². The molecule has 1 amide bonds. The molecule has 0 spiro atoms. The van der Waals surface area contributed by atoms with Crippen molar-refractivity contribution in [3.8, 4) is 0 Å². The zero-order valence-corrected chi connectivity index (χ0v) is 12.6. The number of benzene rings is 2. The number of aliphatic hydroxyl groups excluding tert-OH is 1. The number of aliphatic hydroxyl groups is 1. The molecule has 0 aliphatic rings. The number of hydrogen-bond donors (Lipinski definition) is 3. The maximum absolute atomic E-state index is 13.4. The number of aromatic nitrogens is 2. The molecule has 3 rings (SSSR count). The van der Waals surface area contributed by atoms with E-state index in [1.807, 2.05) is 6.07 Å². The first-order valence-electron chi connectivity index (χ1n) is 6.89. The third kappa shape index (κ3) is 3.18. The minimum Gasteiger partial charge on any atom is -0.387 e. The lowest BCUT2D eigenvalue weighted by molar-refractivity contribution is 0.0917. The van der Waals surface area contributed by atoms with E-state index in [2.05, 4.69) is 15.5 Å². The number of hydrogen-bond acceptors (Lipinski definition) is 3. The number of nitrogens with one attached hydrogen (secondary N) is 2. The monoisotopic (exact) mass is 333 g/mol. The summed E-state index contributed by atoms with van der Waals surface area (Å²) < 4.78 is 13.4. The first-order valence-corrected chi connectivity index (χ1v) is 7.27. The third-order valence-electron chi connectivity index (χ3n) is 3.51. The molecule has 1 atom stereocenters. The number of fused-ring (bicyclic) bond motifs is 1. The average Bonchev–Trinajstić information content (AvgIpc) is 3.03. The Morgan fingerprint density at radius 1 is 1.39 bits per heavy atom. The molecule has 1 unspecified atom stereocenters. The third-order valence-corrected chi connectivity index (χ3v) is 3.81. The summed E-state index contributed by atoms with van der Waals surface area (Å²) in [5.74, 6) is -0.967. The van der Waals surface area contributed by atoms with Crippen LogP contribution in [0.3, 0.4) is 0 Å². The molecule has 118 valence electrons. The lowest BCUT2D eigenvalue weighted by Crippen LogP contribution is -2.28. The minimum atomic E-state index is -1.04. The molecule has 3 N–H and O–H groups in total. The van der Waals surface area contributed by atoms with Gasteiger partial charge in [-0.15, -0.1) is 0 Å². The lowest BCUT2D eigenvalue weighted by atomic mass is 10.1. The normalized spacial score (nSPS) is 12.3. The van der Waals surface area contributed by atoms with Gasteiger partial charge in [-0.05, 0) is 23.8 Å². The highest BCUT2D eigenvalue weighted by molar-refractivity contribution is 6.30. The number of aromatic amines is 1. The molecule has 1 heterocycles. The quantitative estimate of drug-likeness (QED) is 0.687. The lowest BCUT2D eigenvalue weighted by Gasteiger charge is -2.13. The van der Waals surface area contributed by atoms with Crippen LogP contribution in [-0.2, 0) is 0 Å². The molecule has 1 aromatic heterocycles. The summed E-state index contributed by atoms with van der Waals surface area (Å²) in [4.78, 5) is 12.2. The van der Waals surface area contributed by atoms with Crippen molar-refractivity contribution in [1.82, 2.24) is 15.5 Å². The van der Waals surface area contributed by atoms with Gasteiger partial charge < -0.3 is 10.4 Å². The Balaban J connectivity index is 1.71. The predicted molar refractivity (Wildman–Crippen MR) is 84.8 cm³/mol. The maximum Gasteiger partial charge on any atom is 0.253 e. The second kappa shape index (κ2) is 6.36. The molecule has 7 heteroatoms. The first-order chi connectivity index (χ1) is 11.1. The zero-order valence-electron chi connectivity index (χ0n) is 11.9. The molecular weight excluding hydrogens is 321 g/mol. The molecule has 0 aliphatic carbocycles. The zero-order chi connectivity index (χ0) is 16.4. The summed E-state index contributed by atoms with van der Waals surface area (Å²) in [6, 6.07) is 9.26. The second-order valence-electron chi connectivity index (χ2n) is 5.04. The molecule has 0 aliphatic heterocycles. The van der Waals surface area contributed by atoms with Crippen molar-refractivity contribution in [1.29, 1.82) is 0 Å². The van der Waals surface area contributed by atoms with E-state index < -0.39 is 11.9 Å². The van der Waals surface area contributed by atoms with Crippen LogP contribution in [0.5, 0.6) is 0 Å². The number of para-hydroxylation sites is 1. The molecule has 2 aromatic carbocycles. The number of rotatable bonds is 4. The van der Waals surface area contributed by atoms with E-state index in [1.54, 1.807) is 18.3 Å². The Morgan fingerprint density at radius 3 is 3.00 bits per heavy atom. The van der Waals surface area contributed by atoms with Gasteiger partial charge in [-0.1, -0.05) is 29.8 Å². The number of halogens is 2. The second-order valence-corrected chi connectivity index (χ2v) is 5.45. The Labute approximate surface area is 136 Å². The number of carbonyl (C=O) groups is 1. The summed E-state index contributed by atoms with van der Waals surface area (Å²) >= 11 is 5.60. The van der Waals surface area contributed by atoms with Crippen molar-refractivity contribution in [2.24, 2.45) is 0 Å².